The van der Waals surface area contributed by atoms with Gasteiger partial charge in [-0.3, -0.25) is 9.80 Å². The van der Waals surface area contributed by atoms with Crippen LogP contribution in [0.15, 0.2) is 12.1 Å². The molecular weight excluding hydrogens is 316 g/mol. The van der Waals surface area contributed by atoms with Gasteiger partial charge in [-0.25, -0.2) is 0 Å². The molecular formula is C17H27ClN2O3. The standard InChI is InChI=1S/C17H27ClN2O3/c1-3-10-23-17-15(18)11-14(12-16(17)22-2)13-20-6-4-19(5-7-20)8-9-21/h11-12,21H,3-10,13H2,1-2H3. The highest BCUT2D eigenvalue weighted by Crippen LogP contribution is 2.36. The van der Waals surface area contributed by atoms with Crippen molar-refractivity contribution in [3.8, 4) is 11.5 Å². The van der Waals surface area contributed by atoms with Gasteiger partial charge in [-0.1, -0.05) is 18.5 Å². The van der Waals surface area contributed by atoms with Gasteiger partial charge in [0.05, 0.1) is 25.3 Å². The molecule has 0 amide bonds. The topological polar surface area (TPSA) is 45.2 Å². The highest BCUT2D eigenvalue weighted by atomic mass is 35.5. The molecule has 2 rings (SSSR count). The maximum Gasteiger partial charge on any atom is 0.179 e. The van der Waals surface area contributed by atoms with E-state index in [1.807, 2.05) is 12.1 Å². The summed E-state index contributed by atoms with van der Waals surface area (Å²) >= 11 is 6.37. The van der Waals surface area contributed by atoms with Crippen molar-refractivity contribution < 1.29 is 14.6 Å². The van der Waals surface area contributed by atoms with E-state index >= 15 is 0 Å². The van der Waals surface area contributed by atoms with Gasteiger partial charge in [0.15, 0.2) is 11.5 Å². The van der Waals surface area contributed by atoms with E-state index in [0.717, 1.165) is 51.3 Å². The first kappa shape index (κ1) is 18.3. The predicted molar refractivity (Wildman–Crippen MR) is 92.6 cm³/mol. The summed E-state index contributed by atoms with van der Waals surface area (Å²) in [5.74, 6) is 1.33. The third kappa shape index (κ3) is 5.24. The van der Waals surface area contributed by atoms with Crippen LogP contribution in [0.25, 0.3) is 0 Å². The molecule has 5 nitrogen and oxygen atoms in total. The van der Waals surface area contributed by atoms with Gasteiger partial charge < -0.3 is 14.6 Å². The number of halogens is 1. The van der Waals surface area contributed by atoms with Crippen molar-refractivity contribution in [2.24, 2.45) is 0 Å². The Balaban J connectivity index is 1.99. The van der Waals surface area contributed by atoms with Crippen molar-refractivity contribution in [1.82, 2.24) is 9.80 Å². The number of hydrogen-bond acceptors (Lipinski definition) is 5. The van der Waals surface area contributed by atoms with Crippen LogP contribution in [0.5, 0.6) is 11.5 Å². The summed E-state index contributed by atoms with van der Waals surface area (Å²) in [6.45, 7) is 8.49. The van der Waals surface area contributed by atoms with Crippen LogP contribution in [-0.2, 0) is 6.54 Å². The molecule has 0 aliphatic carbocycles. The molecule has 1 aromatic carbocycles. The number of aliphatic hydroxyl groups excluding tert-OH is 1. The number of methoxy groups -OCH3 is 1. The second-order valence-electron chi connectivity index (χ2n) is 5.80. The van der Waals surface area contributed by atoms with Crippen LogP contribution < -0.4 is 9.47 Å². The van der Waals surface area contributed by atoms with Crippen LogP contribution >= 0.6 is 11.6 Å². The summed E-state index contributed by atoms with van der Waals surface area (Å²) < 4.78 is 11.1. The smallest absolute Gasteiger partial charge is 0.179 e. The van der Waals surface area contributed by atoms with E-state index in [9.17, 15) is 0 Å². The molecule has 0 unspecified atom stereocenters. The summed E-state index contributed by atoms with van der Waals surface area (Å²) in [5.41, 5.74) is 1.13. The van der Waals surface area contributed by atoms with Crippen molar-refractivity contribution in [2.45, 2.75) is 19.9 Å². The number of rotatable bonds is 8. The second kappa shape index (κ2) is 9.33. The third-order valence-electron chi connectivity index (χ3n) is 4.03. The maximum absolute atomic E-state index is 9.00. The molecule has 0 aromatic heterocycles. The second-order valence-corrected chi connectivity index (χ2v) is 6.21. The Labute approximate surface area is 143 Å². The Kier molecular flexibility index (Phi) is 7.43. The molecule has 1 heterocycles. The quantitative estimate of drug-likeness (QED) is 0.785. The molecule has 6 heteroatoms. The van der Waals surface area contributed by atoms with E-state index in [1.165, 1.54) is 0 Å². The summed E-state index contributed by atoms with van der Waals surface area (Å²) in [7, 11) is 1.64. The summed E-state index contributed by atoms with van der Waals surface area (Å²) in [6, 6.07) is 3.98. The fourth-order valence-corrected chi connectivity index (χ4v) is 3.07. The molecule has 0 bridgehead atoms. The molecule has 23 heavy (non-hydrogen) atoms. The number of aliphatic hydroxyl groups is 1. The van der Waals surface area contributed by atoms with Crippen LogP contribution in [0.1, 0.15) is 18.9 Å². The van der Waals surface area contributed by atoms with Gasteiger partial charge in [-0.05, 0) is 24.1 Å². The number of nitrogens with zero attached hydrogens (tertiary/aromatic N) is 2. The van der Waals surface area contributed by atoms with Crippen molar-refractivity contribution in [1.29, 1.82) is 0 Å². The number of ether oxygens (including phenoxy) is 2. The largest absolute Gasteiger partial charge is 0.493 e. The van der Waals surface area contributed by atoms with Crippen molar-refractivity contribution in [2.75, 3.05) is 53.0 Å². The highest BCUT2D eigenvalue weighted by Gasteiger charge is 2.18. The van der Waals surface area contributed by atoms with E-state index < -0.39 is 0 Å². The van der Waals surface area contributed by atoms with Crippen molar-refractivity contribution >= 4 is 11.6 Å². The van der Waals surface area contributed by atoms with E-state index in [4.69, 9.17) is 26.2 Å². The minimum atomic E-state index is 0.228. The average molecular weight is 343 g/mol. The van der Waals surface area contributed by atoms with Crippen molar-refractivity contribution in [3.63, 3.8) is 0 Å². The number of benzene rings is 1. The van der Waals surface area contributed by atoms with Gasteiger partial charge in [0, 0.05) is 39.3 Å². The van der Waals surface area contributed by atoms with Gasteiger partial charge in [-0.15, -0.1) is 0 Å². The monoisotopic (exact) mass is 342 g/mol. The lowest BCUT2D eigenvalue weighted by molar-refractivity contribution is 0.108. The minimum Gasteiger partial charge on any atom is -0.493 e. The van der Waals surface area contributed by atoms with Crippen LogP contribution in [0, 0.1) is 0 Å². The SMILES string of the molecule is CCCOc1c(Cl)cc(CN2CCN(CCO)CC2)cc1OC. The van der Waals surface area contributed by atoms with E-state index in [2.05, 4.69) is 16.7 Å². The van der Waals surface area contributed by atoms with Crippen LogP contribution in [-0.4, -0.2) is 68.0 Å². The van der Waals surface area contributed by atoms with Gasteiger partial charge in [0.1, 0.15) is 0 Å². The van der Waals surface area contributed by atoms with Crippen LogP contribution in [0.4, 0.5) is 0 Å². The van der Waals surface area contributed by atoms with Crippen LogP contribution in [0.2, 0.25) is 5.02 Å². The molecule has 1 saturated heterocycles. The first-order chi connectivity index (χ1) is 11.2. The number of piperazine rings is 1. The zero-order chi connectivity index (χ0) is 16.7. The van der Waals surface area contributed by atoms with E-state index in [0.29, 0.717) is 23.1 Å². The maximum atomic E-state index is 9.00. The van der Waals surface area contributed by atoms with Crippen LogP contribution in [0.3, 0.4) is 0 Å². The molecule has 1 aromatic rings. The summed E-state index contributed by atoms with van der Waals surface area (Å²) in [5, 5.41) is 9.60. The highest BCUT2D eigenvalue weighted by molar-refractivity contribution is 6.32. The lowest BCUT2D eigenvalue weighted by Gasteiger charge is -2.34. The first-order valence-corrected chi connectivity index (χ1v) is 8.60. The minimum absolute atomic E-state index is 0.228. The Morgan fingerprint density at radius 2 is 1.87 bits per heavy atom. The Bertz CT molecular complexity index is 491. The van der Waals surface area contributed by atoms with Gasteiger partial charge in [0.2, 0.25) is 0 Å². The Morgan fingerprint density at radius 1 is 1.17 bits per heavy atom. The van der Waals surface area contributed by atoms with E-state index in [-0.39, 0.29) is 6.61 Å². The molecule has 0 atom stereocenters. The average Bonchev–Trinajstić information content (AvgIpc) is 2.55. The van der Waals surface area contributed by atoms with Gasteiger partial charge in [-0.2, -0.15) is 0 Å². The first-order valence-electron chi connectivity index (χ1n) is 8.22. The number of hydrogen-bond donors (Lipinski definition) is 1. The van der Waals surface area contributed by atoms with Crippen molar-refractivity contribution in [3.05, 3.63) is 22.7 Å². The van der Waals surface area contributed by atoms with E-state index in [1.54, 1.807) is 7.11 Å². The zero-order valence-electron chi connectivity index (χ0n) is 14.1. The fraction of sp³-hybridized carbons (Fsp3) is 0.647. The Hall–Kier alpha value is -1.01. The molecule has 1 N–H and O–H groups in total. The molecule has 1 aliphatic rings. The molecule has 0 radical (unpaired) electrons. The van der Waals surface area contributed by atoms with Gasteiger partial charge in [0.25, 0.3) is 0 Å². The normalized spacial score (nSPS) is 16.5. The predicted octanol–water partition coefficient (Wildman–Crippen LogP) is 2.25. The molecule has 0 saturated carbocycles. The Morgan fingerprint density at radius 3 is 2.48 bits per heavy atom. The molecule has 1 aliphatic heterocycles. The summed E-state index contributed by atoms with van der Waals surface area (Å²) in [6.07, 6.45) is 0.930. The van der Waals surface area contributed by atoms with Gasteiger partial charge >= 0.3 is 0 Å². The summed E-state index contributed by atoms with van der Waals surface area (Å²) in [4.78, 5) is 4.68. The molecule has 0 spiro atoms. The molecule has 130 valence electrons. The lowest BCUT2D eigenvalue weighted by Crippen LogP contribution is -2.46. The fourth-order valence-electron chi connectivity index (χ4n) is 2.78. The third-order valence-corrected chi connectivity index (χ3v) is 4.31. The zero-order valence-corrected chi connectivity index (χ0v) is 14.8. The lowest BCUT2D eigenvalue weighted by atomic mass is 10.1. The number of β-amino-alcohol motifs (C(OH)–C–C–N with tert-alkyl or cyclic N) is 1. The molecule has 1 fully saturated rings.